The summed E-state index contributed by atoms with van der Waals surface area (Å²) in [4.78, 5) is 0. The molecule has 0 aliphatic rings. The maximum atomic E-state index is 0. The molecule has 0 saturated heterocycles. The summed E-state index contributed by atoms with van der Waals surface area (Å²) in [7, 11) is 0. The molecule has 0 aromatic heterocycles. The second-order valence-electron chi connectivity index (χ2n) is 0. The van der Waals surface area contributed by atoms with Gasteiger partial charge in [-0.25, -0.2) is 0 Å². The average Bonchev–Trinajstić information content (AvgIpc) is 0. The van der Waals surface area contributed by atoms with Crippen LogP contribution in [0.15, 0.2) is 0 Å². The topological polar surface area (TPSA) is 88.5 Å². The molecule has 0 aromatic carbocycles. The van der Waals surface area contributed by atoms with Crippen molar-refractivity contribution in [1.29, 1.82) is 0 Å². The van der Waals surface area contributed by atoms with Gasteiger partial charge in [0.2, 0.25) is 0 Å². The molecule has 2 N–H and O–H groups in total. The maximum Gasteiger partial charge on any atom is 4.00 e. The molecule has 0 radical (unpaired) electrons. The van der Waals surface area contributed by atoms with E-state index in [-0.39, 0.29) is 97.6 Å². The third-order valence-electron chi connectivity index (χ3n) is 0. The van der Waals surface area contributed by atoms with E-state index < -0.39 is 0 Å². The van der Waals surface area contributed by atoms with Crippen LogP contribution in [-0.2, 0) is 22.8 Å². The van der Waals surface area contributed by atoms with E-state index in [0.717, 1.165) is 0 Å². The molecular weight excluding hydrogens is 175 g/mol. The van der Waals surface area contributed by atoms with Crippen molar-refractivity contribution in [2.24, 2.45) is 0 Å². The van der Waals surface area contributed by atoms with E-state index in [1.165, 1.54) is 0 Å². The Balaban J connectivity index is 0. The van der Waals surface area contributed by atoms with E-state index in [1.807, 2.05) is 0 Å². The van der Waals surface area contributed by atoms with Crippen LogP contribution in [0.2, 0.25) is 0 Å². The summed E-state index contributed by atoms with van der Waals surface area (Å²) < 4.78 is 0. The summed E-state index contributed by atoms with van der Waals surface area (Å²) in [5, 5.41) is 0. The molecule has 0 rings (SSSR count). The summed E-state index contributed by atoms with van der Waals surface area (Å²) in [6.45, 7) is 0. The van der Waals surface area contributed by atoms with Crippen molar-refractivity contribution in [3.8, 4) is 0 Å². The molecule has 0 amide bonds. The SMILES string of the molecule is [Cl-].[Cr+4].[K+].[O-2].[OH-].[OH-]. The van der Waals surface area contributed by atoms with Gasteiger partial charge >= 0.3 is 68.7 Å². The minimum atomic E-state index is 0. The Morgan fingerprint density at radius 3 is 0.833 bits per heavy atom. The first kappa shape index (κ1) is 82.1. The quantitative estimate of drug-likeness (QED) is 0.344. The Labute approximate surface area is 95.8 Å². The van der Waals surface area contributed by atoms with Gasteiger partial charge in [-0.3, -0.25) is 0 Å². The number of halogens is 1. The molecule has 0 saturated carbocycles. The van der Waals surface area contributed by atoms with Gasteiger partial charge in [0.25, 0.3) is 0 Å². The minimum absolute atomic E-state index is 0. The van der Waals surface area contributed by atoms with Crippen LogP contribution >= 0.6 is 0 Å². The summed E-state index contributed by atoms with van der Waals surface area (Å²) in [6.07, 6.45) is 0. The zero-order valence-electron chi connectivity index (χ0n) is 3.09. The van der Waals surface area contributed by atoms with Crippen molar-refractivity contribution in [2.45, 2.75) is 0 Å². The largest absolute Gasteiger partial charge is 4.00 e. The van der Waals surface area contributed by atoms with Crippen molar-refractivity contribution in [2.75, 3.05) is 0 Å². The zero-order valence-corrected chi connectivity index (χ0v) is 8.24. The van der Waals surface area contributed by atoms with E-state index in [9.17, 15) is 0 Å². The van der Waals surface area contributed by atoms with Crippen LogP contribution in [0.1, 0.15) is 0 Å². The first-order valence-electron chi connectivity index (χ1n) is 0. The van der Waals surface area contributed by atoms with Crippen LogP contribution in [-0.4, -0.2) is 11.0 Å². The fraction of sp³-hybridized carbons (Fsp3) is 0. The van der Waals surface area contributed by atoms with Gasteiger partial charge < -0.3 is 28.8 Å². The molecule has 0 aliphatic carbocycles. The summed E-state index contributed by atoms with van der Waals surface area (Å²) in [5.41, 5.74) is 0. The van der Waals surface area contributed by atoms with Gasteiger partial charge in [-0.15, -0.1) is 0 Å². The third kappa shape index (κ3) is 33.0. The Kier molecular flexibility index (Phi) is 738. The Hall–Kier alpha value is 2.34. The van der Waals surface area contributed by atoms with Crippen LogP contribution in [0.3, 0.4) is 0 Å². The molecule has 0 bridgehead atoms. The molecule has 0 unspecified atom stereocenters. The minimum Gasteiger partial charge on any atom is -2.00 e. The molecule has 6 heteroatoms. The molecule has 0 fully saturated rings. The predicted octanol–water partition coefficient (Wildman–Crippen LogP) is -6.47. The standard InChI is InChI=1S/ClH.Cr.K.2H2O.O/h1H;;;2*1H2;/q;+4;+1;;;-2/p-3. The van der Waals surface area contributed by atoms with E-state index in [2.05, 4.69) is 0 Å². The number of rotatable bonds is 0. The van der Waals surface area contributed by atoms with E-state index in [0.29, 0.717) is 0 Å². The number of hydrogen-bond donors (Lipinski definition) is 0. The zero-order chi connectivity index (χ0) is 0. The molecule has 34 valence electrons. The Morgan fingerprint density at radius 1 is 0.833 bits per heavy atom. The molecular formula is H2ClCrKO3. The maximum absolute atomic E-state index is 0. The van der Waals surface area contributed by atoms with Crippen LogP contribution in [0.4, 0.5) is 0 Å². The first-order valence-corrected chi connectivity index (χ1v) is 0. The first-order chi connectivity index (χ1) is 0. The molecule has 0 aromatic rings. The van der Waals surface area contributed by atoms with Crippen molar-refractivity contribution < 1.29 is 97.6 Å². The monoisotopic (exact) mass is 176 g/mol. The van der Waals surface area contributed by atoms with Crippen LogP contribution in [0.25, 0.3) is 0 Å². The second-order valence-corrected chi connectivity index (χ2v) is 0. The van der Waals surface area contributed by atoms with Gasteiger partial charge in [0, 0.05) is 0 Å². The van der Waals surface area contributed by atoms with Gasteiger partial charge in [0.05, 0.1) is 0 Å². The Morgan fingerprint density at radius 2 is 0.833 bits per heavy atom. The molecule has 0 heterocycles. The third-order valence-corrected chi connectivity index (χ3v) is 0. The van der Waals surface area contributed by atoms with E-state index >= 15 is 0 Å². The molecule has 6 heavy (non-hydrogen) atoms. The van der Waals surface area contributed by atoms with Crippen molar-refractivity contribution in [3.05, 3.63) is 0 Å². The van der Waals surface area contributed by atoms with Crippen molar-refractivity contribution >= 4 is 0 Å². The normalized spacial score (nSPS) is 0. The smallest absolute Gasteiger partial charge is 2.00 e. The van der Waals surface area contributed by atoms with Crippen molar-refractivity contribution in [3.63, 3.8) is 0 Å². The molecule has 3 nitrogen and oxygen atoms in total. The van der Waals surface area contributed by atoms with Crippen LogP contribution < -0.4 is 63.8 Å². The summed E-state index contributed by atoms with van der Waals surface area (Å²) >= 11 is 0. The van der Waals surface area contributed by atoms with Gasteiger partial charge in [0.1, 0.15) is 0 Å². The van der Waals surface area contributed by atoms with Crippen LogP contribution in [0.5, 0.6) is 0 Å². The summed E-state index contributed by atoms with van der Waals surface area (Å²) in [6, 6.07) is 0. The average molecular weight is 177 g/mol. The van der Waals surface area contributed by atoms with Gasteiger partial charge in [-0.1, -0.05) is 0 Å². The van der Waals surface area contributed by atoms with Crippen LogP contribution in [0, 0.1) is 0 Å². The molecule has 0 atom stereocenters. The van der Waals surface area contributed by atoms with E-state index in [4.69, 9.17) is 0 Å². The molecule has 0 aliphatic heterocycles. The fourth-order valence-corrected chi connectivity index (χ4v) is 0. The van der Waals surface area contributed by atoms with Gasteiger partial charge in [-0.05, 0) is 0 Å². The van der Waals surface area contributed by atoms with E-state index in [1.54, 1.807) is 0 Å². The van der Waals surface area contributed by atoms with Gasteiger partial charge in [0.15, 0.2) is 0 Å². The summed E-state index contributed by atoms with van der Waals surface area (Å²) in [5.74, 6) is 0. The molecule has 0 spiro atoms. The second kappa shape index (κ2) is 53.9. The Bertz CT molecular complexity index is 10.8. The number of hydrogen-bond acceptors (Lipinski definition) is 2. The van der Waals surface area contributed by atoms with Crippen molar-refractivity contribution in [1.82, 2.24) is 0 Å². The predicted molar refractivity (Wildman–Crippen MR) is 4.56 cm³/mol. The van der Waals surface area contributed by atoms with Gasteiger partial charge in [-0.2, -0.15) is 0 Å². The fourth-order valence-electron chi connectivity index (χ4n) is 0.